The Morgan fingerprint density at radius 2 is 2.16 bits per heavy atom. The maximum atomic E-state index is 5.78. The lowest BCUT2D eigenvalue weighted by molar-refractivity contribution is 0.303. The molecule has 0 atom stereocenters. The quantitative estimate of drug-likeness (QED) is 0.884. The zero-order chi connectivity index (χ0) is 13.5. The van der Waals surface area contributed by atoms with Gasteiger partial charge in [0.2, 0.25) is 0 Å². The summed E-state index contributed by atoms with van der Waals surface area (Å²) in [4.78, 5) is 4.07. The third kappa shape index (κ3) is 4.33. The summed E-state index contributed by atoms with van der Waals surface area (Å²) in [5.41, 5.74) is 2.30. The van der Waals surface area contributed by atoms with Crippen LogP contribution in [0, 0.1) is 0 Å². The Morgan fingerprint density at radius 1 is 1.26 bits per heavy atom. The van der Waals surface area contributed by atoms with Gasteiger partial charge in [0, 0.05) is 24.5 Å². The molecule has 0 aliphatic heterocycles. The highest BCUT2D eigenvalue weighted by Gasteiger charge is 2.03. The molecule has 0 unspecified atom stereocenters. The SMILES string of the molecule is CCNCc1ccc(OCc2cccnc2)c(Br)c1. The van der Waals surface area contributed by atoms with E-state index in [0.717, 1.165) is 28.9 Å². The second-order valence-electron chi connectivity index (χ2n) is 4.20. The molecule has 1 aromatic heterocycles. The minimum atomic E-state index is 0.527. The molecule has 0 spiro atoms. The van der Waals surface area contributed by atoms with Crippen molar-refractivity contribution in [1.29, 1.82) is 0 Å². The fraction of sp³-hybridized carbons (Fsp3) is 0.267. The summed E-state index contributed by atoms with van der Waals surface area (Å²) in [6.07, 6.45) is 3.57. The van der Waals surface area contributed by atoms with Crippen molar-refractivity contribution in [3.05, 3.63) is 58.3 Å². The number of hydrogen-bond acceptors (Lipinski definition) is 3. The molecular formula is C15H17BrN2O. The minimum Gasteiger partial charge on any atom is -0.488 e. The number of aromatic nitrogens is 1. The molecule has 0 aliphatic carbocycles. The second kappa shape index (κ2) is 7.26. The van der Waals surface area contributed by atoms with Crippen molar-refractivity contribution in [2.24, 2.45) is 0 Å². The van der Waals surface area contributed by atoms with Gasteiger partial charge in [0.05, 0.1) is 4.47 Å². The summed E-state index contributed by atoms with van der Waals surface area (Å²) >= 11 is 3.54. The second-order valence-corrected chi connectivity index (χ2v) is 5.05. The number of halogens is 1. The Morgan fingerprint density at radius 3 is 2.84 bits per heavy atom. The van der Waals surface area contributed by atoms with Gasteiger partial charge in [-0.15, -0.1) is 0 Å². The zero-order valence-corrected chi connectivity index (χ0v) is 12.5. The Balaban J connectivity index is 1.97. The Kier molecular flexibility index (Phi) is 5.36. The van der Waals surface area contributed by atoms with Crippen LogP contribution in [-0.2, 0) is 13.2 Å². The van der Waals surface area contributed by atoms with Gasteiger partial charge in [-0.05, 0) is 46.2 Å². The molecule has 19 heavy (non-hydrogen) atoms. The number of ether oxygens (including phenoxy) is 1. The van der Waals surface area contributed by atoms with E-state index >= 15 is 0 Å². The molecule has 0 radical (unpaired) electrons. The lowest BCUT2D eigenvalue weighted by Crippen LogP contribution is -2.11. The van der Waals surface area contributed by atoms with Crippen LogP contribution < -0.4 is 10.1 Å². The predicted molar refractivity (Wildman–Crippen MR) is 80.1 cm³/mol. The molecular weight excluding hydrogens is 304 g/mol. The van der Waals surface area contributed by atoms with E-state index in [1.807, 2.05) is 24.4 Å². The van der Waals surface area contributed by atoms with Crippen LogP contribution in [0.25, 0.3) is 0 Å². The fourth-order valence-corrected chi connectivity index (χ4v) is 2.23. The first-order valence-corrected chi connectivity index (χ1v) is 7.09. The first-order valence-electron chi connectivity index (χ1n) is 6.30. The number of hydrogen-bond donors (Lipinski definition) is 1. The molecule has 0 saturated heterocycles. The van der Waals surface area contributed by atoms with Crippen molar-refractivity contribution >= 4 is 15.9 Å². The average molecular weight is 321 g/mol. The van der Waals surface area contributed by atoms with Gasteiger partial charge < -0.3 is 10.1 Å². The van der Waals surface area contributed by atoms with Gasteiger partial charge in [0.15, 0.2) is 0 Å². The van der Waals surface area contributed by atoms with Gasteiger partial charge in [-0.3, -0.25) is 4.98 Å². The highest BCUT2D eigenvalue weighted by molar-refractivity contribution is 9.10. The van der Waals surface area contributed by atoms with Gasteiger partial charge in [-0.2, -0.15) is 0 Å². The van der Waals surface area contributed by atoms with Gasteiger partial charge >= 0.3 is 0 Å². The van der Waals surface area contributed by atoms with E-state index in [2.05, 4.69) is 45.3 Å². The Bertz CT molecular complexity index is 517. The van der Waals surface area contributed by atoms with Crippen LogP contribution in [0.3, 0.4) is 0 Å². The number of pyridine rings is 1. The molecule has 1 aromatic carbocycles. The van der Waals surface area contributed by atoms with Gasteiger partial charge in [0.1, 0.15) is 12.4 Å². The van der Waals surface area contributed by atoms with E-state index in [1.165, 1.54) is 5.56 Å². The molecule has 0 saturated carbocycles. The van der Waals surface area contributed by atoms with Crippen LogP contribution in [-0.4, -0.2) is 11.5 Å². The van der Waals surface area contributed by atoms with Gasteiger partial charge in [0.25, 0.3) is 0 Å². The van der Waals surface area contributed by atoms with E-state index in [4.69, 9.17) is 4.74 Å². The van der Waals surface area contributed by atoms with Crippen molar-refractivity contribution in [2.75, 3.05) is 6.54 Å². The largest absolute Gasteiger partial charge is 0.488 e. The predicted octanol–water partition coefficient (Wildman–Crippen LogP) is 3.53. The third-order valence-electron chi connectivity index (χ3n) is 2.69. The van der Waals surface area contributed by atoms with Crippen LogP contribution in [0.4, 0.5) is 0 Å². The van der Waals surface area contributed by atoms with Crippen molar-refractivity contribution < 1.29 is 4.74 Å². The van der Waals surface area contributed by atoms with Crippen LogP contribution in [0.15, 0.2) is 47.2 Å². The molecule has 2 rings (SSSR count). The summed E-state index contributed by atoms with van der Waals surface area (Å²) in [5.74, 6) is 0.851. The lowest BCUT2D eigenvalue weighted by Gasteiger charge is -2.10. The summed E-state index contributed by atoms with van der Waals surface area (Å²) < 4.78 is 6.75. The maximum absolute atomic E-state index is 5.78. The third-order valence-corrected chi connectivity index (χ3v) is 3.31. The van der Waals surface area contributed by atoms with Crippen molar-refractivity contribution in [3.8, 4) is 5.75 Å². The highest BCUT2D eigenvalue weighted by atomic mass is 79.9. The molecule has 0 fully saturated rings. The van der Waals surface area contributed by atoms with E-state index < -0.39 is 0 Å². The maximum Gasteiger partial charge on any atom is 0.134 e. The molecule has 1 heterocycles. The Hall–Kier alpha value is -1.39. The highest BCUT2D eigenvalue weighted by Crippen LogP contribution is 2.26. The average Bonchev–Trinajstić information content (AvgIpc) is 2.45. The monoisotopic (exact) mass is 320 g/mol. The van der Waals surface area contributed by atoms with E-state index in [0.29, 0.717) is 6.61 Å². The smallest absolute Gasteiger partial charge is 0.134 e. The number of rotatable bonds is 6. The first kappa shape index (κ1) is 14.0. The van der Waals surface area contributed by atoms with E-state index in [9.17, 15) is 0 Å². The Labute approximate surface area is 122 Å². The summed E-state index contributed by atoms with van der Waals surface area (Å²) in [6, 6.07) is 10.1. The van der Waals surface area contributed by atoms with Crippen LogP contribution in [0.2, 0.25) is 0 Å². The van der Waals surface area contributed by atoms with Crippen molar-refractivity contribution in [1.82, 2.24) is 10.3 Å². The van der Waals surface area contributed by atoms with E-state index in [1.54, 1.807) is 6.20 Å². The zero-order valence-electron chi connectivity index (χ0n) is 10.9. The van der Waals surface area contributed by atoms with Gasteiger partial charge in [-0.1, -0.05) is 19.1 Å². The van der Waals surface area contributed by atoms with Crippen LogP contribution >= 0.6 is 15.9 Å². The molecule has 0 bridgehead atoms. The number of benzene rings is 1. The molecule has 0 aliphatic rings. The standard InChI is InChI=1S/C15H17BrN2O/c1-2-17-9-12-5-6-15(14(16)8-12)19-11-13-4-3-7-18-10-13/h3-8,10,17H,2,9,11H2,1H3. The van der Waals surface area contributed by atoms with Crippen molar-refractivity contribution in [3.63, 3.8) is 0 Å². The van der Waals surface area contributed by atoms with E-state index in [-0.39, 0.29) is 0 Å². The molecule has 100 valence electrons. The van der Waals surface area contributed by atoms with Crippen LogP contribution in [0.1, 0.15) is 18.1 Å². The summed E-state index contributed by atoms with van der Waals surface area (Å²) in [5, 5.41) is 3.30. The number of nitrogens with zero attached hydrogens (tertiary/aromatic N) is 1. The minimum absolute atomic E-state index is 0.527. The molecule has 0 amide bonds. The molecule has 1 N–H and O–H groups in total. The van der Waals surface area contributed by atoms with Gasteiger partial charge in [-0.25, -0.2) is 0 Å². The lowest BCUT2D eigenvalue weighted by atomic mass is 10.2. The normalized spacial score (nSPS) is 10.4. The van der Waals surface area contributed by atoms with Crippen LogP contribution in [0.5, 0.6) is 5.75 Å². The summed E-state index contributed by atoms with van der Waals surface area (Å²) in [7, 11) is 0. The topological polar surface area (TPSA) is 34.1 Å². The van der Waals surface area contributed by atoms with Crippen molar-refractivity contribution in [2.45, 2.75) is 20.1 Å². The summed E-state index contributed by atoms with van der Waals surface area (Å²) in [6.45, 7) is 4.47. The molecule has 4 heteroatoms. The number of nitrogens with one attached hydrogen (secondary N) is 1. The molecule has 3 nitrogen and oxygen atoms in total. The first-order chi connectivity index (χ1) is 9.29. The molecule has 2 aromatic rings. The fourth-order valence-electron chi connectivity index (χ4n) is 1.69.